The van der Waals surface area contributed by atoms with Crippen LogP contribution in [0.25, 0.3) is 0 Å². The summed E-state index contributed by atoms with van der Waals surface area (Å²) in [6.07, 6.45) is 2.42. The SMILES string of the molecule is COCc1noc(C23CCCN(C2)C3)n1. The zero-order valence-corrected chi connectivity index (χ0v) is 8.90. The molecule has 0 radical (unpaired) electrons. The van der Waals surface area contributed by atoms with Crippen LogP contribution in [-0.2, 0) is 16.8 Å². The Bertz CT molecular complexity index is 352. The lowest BCUT2D eigenvalue weighted by Gasteiger charge is -2.52. The van der Waals surface area contributed by atoms with Crippen LogP contribution in [0.3, 0.4) is 0 Å². The van der Waals surface area contributed by atoms with Crippen molar-refractivity contribution in [3.63, 3.8) is 0 Å². The van der Waals surface area contributed by atoms with Gasteiger partial charge < -0.3 is 14.2 Å². The quantitative estimate of drug-likeness (QED) is 0.728. The number of ether oxygens (including phenoxy) is 1. The highest BCUT2D eigenvalue weighted by Gasteiger charge is 2.50. The molecule has 3 aliphatic rings. The fourth-order valence-electron chi connectivity index (χ4n) is 2.67. The van der Waals surface area contributed by atoms with Gasteiger partial charge >= 0.3 is 0 Å². The van der Waals surface area contributed by atoms with E-state index in [1.54, 1.807) is 7.11 Å². The van der Waals surface area contributed by atoms with E-state index in [1.807, 2.05) is 0 Å². The molecule has 0 unspecified atom stereocenters. The summed E-state index contributed by atoms with van der Waals surface area (Å²) < 4.78 is 10.3. The molecule has 2 bridgehead atoms. The zero-order valence-electron chi connectivity index (χ0n) is 8.90. The summed E-state index contributed by atoms with van der Waals surface area (Å²) in [6, 6.07) is 0. The topological polar surface area (TPSA) is 51.4 Å². The molecule has 5 nitrogen and oxygen atoms in total. The van der Waals surface area contributed by atoms with Crippen molar-refractivity contribution in [3.8, 4) is 0 Å². The van der Waals surface area contributed by atoms with E-state index in [0.717, 1.165) is 19.0 Å². The van der Waals surface area contributed by atoms with Gasteiger partial charge in [0.05, 0.1) is 5.41 Å². The first-order valence-electron chi connectivity index (χ1n) is 5.37. The van der Waals surface area contributed by atoms with Gasteiger partial charge in [-0.3, -0.25) is 0 Å². The Kier molecular flexibility index (Phi) is 2.03. The van der Waals surface area contributed by atoms with Crippen LogP contribution in [0.5, 0.6) is 0 Å². The Morgan fingerprint density at radius 2 is 2.40 bits per heavy atom. The van der Waals surface area contributed by atoms with Crippen molar-refractivity contribution in [2.45, 2.75) is 24.9 Å². The number of nitrogens with zero attached hydrogens (tertiary/aromatic N) is 3. The number of methoxy groups -OCH3 is 1. The molecule has 3 aliphatic heterocycles. The fourth-order valence-corrected chi connectivity index (χ4v) is 2.67. The Labute approximate surface area is 88.4 Å². The summed E-state index contributed by atoms with van der Waals surface area (Å²) in [6.45, 7) is 3.83. The molecule has 0 spiro atoms. The van der Waals surface area contributed by atoms with E-state index in [4.69, 9.17) is 9.26 Å². The summed E-state index contributed by atoms with van der Waals surface area (Å²) in [5.74, 6) is 1.47. The maximum atomic E-state index is 5.33. The molecule has 0 atom stereocenters. The minimum atomic E-state index is 0.164. The van der Waals surface area contributed by atoms with Gasteiger partial charge in [-0.1, -0.05) is 5.16 Å². The van der Waals surface area contributed by atoms with Gasteiger partial charge in [0.25, 0.3) is 0 Å². The van der Waals surface area contributed by atoms with E-state index >= 15 is 0 Å². The number of hydrogen-bond acceptors (Lipinski definition) is 5. The van der Waals surface area contributed by atoms with Crippen LogP contribution in [0.15, 0.2) is 4.52 Å². The molecule has 1 aromatic rings. The molecule has 0 aliphatic carbocycles. The van der Waals surface area contributed by atoms with Gasteiger partial charge in [-0.05, 0) is 19.4 Å². The number of piperidine rings is 2. The smallest absolute Gasteiger partial charge is 0.235 e. The van der Waals surface area contributed by atoms with Crippen LogP contribution < -0.4 is 0 Å². The molecular weight excluding hydrogens is 194 g/mol. The normalized spacial score (nSPS) is 33.8. The number of aromatic nitrogens is 2. The van der Waals surface area contributed by atoms with Gasteiger partial charge in [0.2, 0.25) is 5.89 Å². The molecule has 4 heterocycles. The Balaban J connectivity index is 1.80. The number of hydrogen-bond donors (Lipinski definition) is 0. The Morgan fingerprint density at radius 3 is 3.07 bits per heavy atom. The molecule has 3 fully saturated rings. The lowest BCUT2D eigenvalue weighted by atomic mass is 9.72. The highest BCUT2D eigenvalue weighted by atomic mass is 16.5. The van der Waals surface area contributed by atoms with E-state index in [1.165, 1.54) is 19.4 Å². The van der Waals surface area contributed by atoms with Crippen molar-refractivity contribution in [2.24, 2.45) is 0 Å². The third-order valence-corrected chi connectivity index (χ3v) is 3.38. The van der Waals surface area contributed by atoms with Gasteiger partial charge in [-0.2, -0.15) is 4.98 Å². The van der Waals surface area contributed by atoms with Crippen molar-refractivity contribution < 1.29 is 9.26 Å². The number of rotatable bonds is 3. The van der Waals surface area contributed by atoms with Crippen molar-refractivity contribution in [3.05, 3.63) is 11.7 Å². The highest BCUT2D eigenvalue weighted by Crippen LogP contribution is 2.41. The molecule has 5 heteroatoms. The third kappa shape index (κ3) is 1.38. The first kappa shape index (κ1) is 9.30. The van der Waals surface area contributed by atoms with Gasteiger partial charge in [-0.15, -0.1) is 0 Å². The Morgan fingerprint density at radius 1 is 1.53 bits per heavy atom. The van der Waals surface area contributed by atoms with Crippen LogP contribution in [0.1, 0.15) is 24.6 Å². The molecule has 0 N–H and O–H groups in total. The van der Waals surface area contributed by atoms with E-state index in [-0.39, 0.29) is 5.41 Å². The molecule has 82 valence electrons. The first-order chi connectivity index (χ1) is 7.32. The Hall–Kier alpha value is -0.940. The maximum absolute atomic E-state index is 5.33. The number of fused-ring (bicyclic) bond motifs is 2. The molecule has 4 rings (SSSR count). The average Bonchev–Trinajstić information content (AvgIpc) is 2.67. The van der Waals surface area contributed by atoms with Crippen LogP contribution >= 0.6 is 0 Å². The van der Waals surface area contributed by atoms with Crippen molar-refractivity contribution in [2.75, 3.05) is 26.7 Å². The molecule has 3 saturated heterocycles. The predicted octanol–water partition coefficient (Wildman–Crippen LogP) is 0.563. The van der Waals surface area contributed by atoms with Gasteiger partial charge in [-0.25, -0.2) is 0 Å². The second-order valence-electron chi connectivity index (χ2n) is 4.54. The standard InChI is InChI=1S/C10H15N3O2/c1-14-5-8-11-9(15-12-8)10-3-2-4-13(6-10)7-10/h2-7H2,1H3. The summed E-state index contributed by atoms with van der Waals surface area (Å²) >= 11 is 0. The molecule has 1 aromatic heterocycles. The monoisotopic (exact) mass is 209 g/mol. The van der Waals surface area contributed by atoms with E-state index in [2.05, 4.69) is 15.0 Å². The maximum Gasteiger partial charge on any atom is 0.235 e. The largest absolute Gasteiger partial charge is 0.377 e. The van der Waals surface area contributed by atoms with E-state index in [0.29, 0.717) is 12.4 Å². The van der Waals surface area contributed by atoms with Crippen LogP contribution in [0, 0.1) is 0 Å². The predicted molar refractivity (Wildman–Crippen MR) is 52.4 cm³/mol. The molecule has 15 heavy (non-hydrogen) atoms. The average molecular weight is 209 g/mol. The molecule has 0 saturated carbocycles. The summed E-state index contributed by atoms with van der Waals surface area (Å²) in [7, 11) is 1.64. The second-order valence-corrected chi connectivity index (χ2v) is 4.54. The summed E-state index contributed by atoms with van der Waals surface area (Å²) in [5, 5.41) is 3.92. The van der Waals surface area contributed by atoms with Gasteiger partial charge in [0.1, 0.15) is 6.61 Å². The van der Waals surface area contributed by atoms with Crippen LogP contribution in [0.4, 0.5) is 0 Å². The minimum absolute atomic E-state index is 0.164. The zero-order chi connectivity index (χ0) is 10.3. The van der Waals surface area contributed by atoms with E-state index in [9.17, 15) is 0 Å². The summed E-state index contributed by atoms with van der Waals surface area (Å²) in [4.78, 5) is 6.84. The molecular formula is C10H15N3O2. The first-order valence-corrected chi connectivity index (χ1v) is 5.37. The summed E-state index contributed by atoms with van der Waals surface area (Å²) in [5.41, 5.74) is 0.164. The second kappa shape index (κ2) is 3.28. The van der Waals surface area contributed by atoms with Crippen molar-refractivity contribution in [1.82, 2.24) is 15.0 Å². The van der Waals surface area contributed by atoms with Gasteiger partial charge in [0, 0.05) is 20.2 Å². The van der Waals surface area contributed by atoms with Crippen molar-refractivity contribution in [1.29, 1.82) is 0 Å². The van der Waals surface area contributed by atoms with Crippen LogP contribution in [0.2, 0.25) is 0 Å². The third-order valence-electron chi connectivity index (χ3n) is 3.38. The lowest BCUT2D eigenvalue weighted by Crippen LogP contribution is -2.63. The minimum Gasteiger partial charge on any atom is -0.377 e. The van der Waals surface area contributed by atoms with E-state index < -0.39 is 0 Å². The fraction of sp³-hybridized carbons (Fsp3) is 0.800. The lowest BCUT2D eigenvalue weighted by molar-refractivity contribution is -0.00680. The molecule has 0 aromatic carbocycles. The van der Waals surface area contributed by atoms with Crippen LogP contribution in [-0.4, -0.2) is 41.8 Å². The molecule has 0 amide bonds. The van der Waals surface area contributed by atoms with Crippen molar-refractivity contribution >= 4 is 0 Å². The highest BCUT2D eigenvalue weighted by molar-refractivity contribution is 5.16. The van der Waals surface area contributed by atoms with Gasteiger partial charge in [0.15, 0.2) is 5.82 Å².